The number of benzene rings is 2. The van der Waals surface area contributed by atoms with Crippen LogP contribution in [-0.4, -0.2) is 36.5 Å². The monoisotopic (exact) mass is 385 g/mol. The fourth-order valence-electron chi connectivity index (χ4n) is 3.15. The largest absolute Gasteiger partial charge is 0.461 e. The molecular weight excluding hydrogens is 364 g/mol. The van der Waals surface area contributed by atoms with Crippen LogP contribution >= 0.6 is 0 Å². The van der Waals surface area contributed by atoms with Gasteiger partial charge in [-0.25, -0.2) is 8.78 Å². The number of halogens is 2. The first-order valence-electron chi connectivity index (χ1n) is 9.17. The van der Waals surface area contributed by atoms with E-state index in [0.717, 1.165) is 17.7 Å². The molecule has 0 aromatic heterocycles. The molecule has 0 N–H and O–H groups in total. The van der Waals surface area contributed by atoms with Gasteiger partial charge in [0.25, 0.3) is 5.91 Å². The van der Waals surface area contributed by atoms with Crippen molar-refractivity contribution in [1.29, 1.82) is 0 Å². The Kier molecular flexibility index (Phi) is 6.53. The van der Waals surface area contributed by atoms with Crippen molar-refractivity contribution in [3.63, 3.8) is 0 Å². The molecule has 1 heterocycles. The number of piperidine rings is 1. The molecule has 0 bridgehead atoms. The van der Waals surface area contributed by atoms with Gasteiger partial charge in [-0.3, -0.25) is 9.59 Å². The minimum absolute atomic E-state index is 0.159. The molecule has 0 spiro atoms. The Morgan fingerprint density at radius 1 is 1.07 bits per heavy atom. The van der Waals surface area contributed by atoms with Crippen molar-refractivity contribution in [3.05, 3.63) is 77.4 Å². The van der Waals surface area contributed by atoms with Crippen molar-refractivity contribution in [2.24, 2.45) is 5.92 Å². The SMILES string of the molecule is O=C(OC/C=C/c1ccccc1)C1CCN(C(=O)c2ccc(F)cc2F)CC1. The highest BCUT2D eigenvalue weighted by atomic mass is 19.1. The van der Waals surface area contributed by atoms with Crippen LogP contribution in [0.5, 0.6) is 0 Å². The number of hydrogen-bond donors (Lipinski definition) is 0. The quantitative estimate of drug-likeness (QED) is 0.729. The predicted octanol–water partition coefficient (Wildman–Crippen LogP) is 4.07. The molecule has 0 atom stereocenters. The van der Waals surface area contributed by atoms with Gasteiger partial charge in [0.1, 0.15) is 18.2 Å². The van der Waals surface area contributed by atoms with Crippen LogP contribution in [0.1, 0.15) is 28.8 Å². The van der Waals surface area contributed by atoms with Crippen LogP contribution < -0.4 is 0 Å². The lowest BCUT2D eigenvalue weighted by molar-refractivity contribution is -0.148. The van der Waals surface area contributed by atoms with E-state index >= 15 is 0 Å². The Balaban J connectivity index is 1.46. The molecule has 0 radical (unpaired) electrons. The molecule has 0 aliphatic carbocycles. The molecule has 1 saturated heterocycles. The van der Waals surface area contributed by atoms with Crippen molar-refractivity contribution >= 4 is 18.0 Å². The van der Waals surface area contributed by atoms with Crippen LogP contribution in [-0.2, 0) is 9.53 Å². The highest BCUT2D eigenvalue weighted by Gasteiger charge is 2.29. The van der Waals surface area contributed by atoms with Crippen LogP contribution in [0.25, 0.3) is 6.08 Å². The average Bonchev–Trinajstić information content (AvgIpc) is 2.71. The molecule has 1 aliphatic rings. The second-order valence-corrected chi connectivity index (χ2v) is 6.63. The minimum atomic E-state index is -0.878. The number of carbonyl (C=O) groups is 2. The normalized spacial score (nSPS) is 15.0. The van der Waals surface area contributed by atoms with Crippen LogP contribution in [0, 0.1) is 17.6 Å². The molecule has 2 aromatic rings. The van der Waals surface area contributed by atoms with E-state index in [4.69, 9.17) is 4.74 Å². The van der Waals surface area contributed by atoms with Gasteiger partial charge in [0, 0.05) is 19.2 Å². The number of rotatable bonds is 5. The van der Waals surface area contributed by atoms with E-state index in [-0.39, 0.29) is 24.1 Å². The zero-order valence-electron chi connectivity index (χ0n) is 15.3. The number of esters is 1. The van der Waals surface area contributed by atoms with E-state index in [0.29, 0.717) is 32.0 Å². The number of ether oxygens (including phenoxy) is 1. The van der Waals surface area contributed by atoms with Gasteiger partial charge >= 0.3 is 5.97 Å². The third-order valence-electron chi connectivity index (χ3n) is 4.71. The molecule has 1 amide bonds. The molecule has 1 fully saturated rings. The molecule has 0 saturated carbocycles. The highest BCUT2D eigenvalue weighted by Crippen LogP contribution is 2.21. The molecular formula is C22H21F2NO3. The fourth-order valence-corrected chi connectivity index (χ4v) is 3.15. The second kappa shape index (κ2) is 9.26. The summed E-state index contributed by atoms with van der Waals surface area (Å²) in [4.78, 5) is 26.1. The third kappa shape index (κ3) is 5.03. The van der Waals surface area contributed by atoms with Gasteiger partial charge in [-0.1, -0.05) is 36.4 Å². The summed E-state index contributed by atoms with van der Waals surface area (Å²) in [5.41, 5.74) is 0.867. The minimum Gasteiger partial charge on any atom is -0.461 e. The number of amides is 1. The Labute approximate surface area is 162 Å². The zero-order chi connectivity index (χ0) is 19.9. The lowest BCUT2D eigenvalue weighted by atomic mass is 9.96. The van der Waals surface area contributed by atoms with Gasteiger partial charge in [0.2, 0.25) is 0 Å². The molecule has 3 rings (SSSR count). The van der Waals surface area contributed by atoms with E-state index in [1.165, 1.54) is 4.90 Å². The number of carbonyl (C=O) groups excluding carboxylic acids is 2. The summed E-state index contributed by atoms with van der Waals surface area (Å²) in [6.07, 6.45) is 4.57. The summed E-state index contributed by atoms with van der Waals surface area (Å²) in [6.45, 7) is 0.845. The van der Waals surface area contributed by atoms with Gasteiger partial charge < -0.3 is 9.64 Å². The number of nitrogens with zero attached hydrogens (tertiary/aromatic N) is 1. The molecule has 146 valence electrons. The Morgan fingerprint density at radius 3 is 2.46 bits per heavy atom. The number of likely N-dealkylation sites (tertiary alicyclic amines) is 1. The fraction of sp³-hybridized carbons (Fsp3) is 0.273. The van der Waals surface area contributed by atoms with Crippen molar-refractivity contribution in [2.75, 3.05) is 19.7 Å². The standard InChI is InChI=1S/C22H21F2NO3/c23-18-8-9-19(20(24)15-18)21(26)25-12-10-17(11-13-25)22(27)28-14-4-7-16-5-2-1-3-6-16/h1-9,15,17H,10-14H2/b7-4+. The van der Waals surface area contributed by atoms with E-state index < -0.39 is 17.5 Å². The summed E-state index contributed by atoms with van der Waals surface area (Å²) < 4.78 is 32.1. The molecule has 6 heteroatoms. The summed E-state index contributed by atoms with van der Waals surface area (Å²) in [5, 5.41) is 0. The first-order valence-corrected chi connectivity index (χ1v) is 9.17. The third-order valence-corrected chi connectivity index (χ3v) is 4.71. The summed E-state index contributed by atoms with van der Waals surface area (Å²) in [5.74, 6) is -2.67. The Hall–Kier alpha value is -3.02. The van der Waals surface area contributed by atoms with Gasteiger partial charge in [-0.15, -0.1) is 0 Å². The Bertz CT molecular complexity index is 859. The first kappa shape index (κ1) is 19.7. The second-order valence-electron chi connectivity index (χ2n) is 6.63. The van der Waals surface area contributed by atoms with Crippen molar-refractivity contribution in [1.82, 2.24) is 4.90 Å². The van der Waals surface area contributed by atoms with E-state index in [1.54, 1.807) is 6.08 Å². The molecule has 2 aromatic carbocycles. The maximum absolute atomic E-state index is 13.8. The van der Waals surface area contributed by atoms with Crippen molar-refractivity contribution in [3.8, 4) is 0 Å². The van der Waals surface area contributed by atoms with Crippen molar-refractivity contribution < 1.29 is 23.1 Å². The molecule has 28 heavy (non-hydrogen) atoms. The lowest BCUT2D eigenvalue weighted by Crippen LogP contribution is -2.41. The lowest BCUT2D eigenvalue weighted by Gasteiger charge is -2.31. The maximum Gasteiger partial charge on any atom is 0.309 e. The van der Waals surface area contributed by atoms with Gasteiger partial charge in [-0.2, -0.15) is 0 Å². The zero-order valence-corrected chi connectivity index (χ0v) is 15.3. The topological polar surface area (TPSA) is 46.6 Å². The smallest absolute Gasteiger partial charge is 0.309 e. The van der Waals surface area contributed by atoms with Crippen LogP contribution in [0.15, 0.2) is 54.6 Å². The average molecular weight is 385 g/mol. The molecule has 1 aliphatic heterocycles. The predicted molar refractivity (Wildman–Crippen MR) is 101 cm³/mol. The van der Waals surface area contributed by atoms with E-state index in [1.807, 2.05) is 36.4 Å². The maximum atomic E-state index is 13.8. The summed E-state index contributed by atoms with van der Waals surface area (Å²) in [6, 6.07) is 12.6. The first-order chi connectivity index (χ1) is 13.5. The van der Waals surface area contributed by atoms with Crippen LogP contribution in [0.2, 0.25) is 0 Å². The van der Waals surface area contributed by atoms with Crippen LogP contribution in [0.4, 0.5) is 8.78 Å². The van der Waals surface area contributed by atoms with E-state index in [2.05, 4.69) is 0 Å². The van der Waals surface area contributed by atoms with E-state index in [9.17, 15) is 18.4 Å². The van der Waals surface area contributed by atoms with Crippen molar-refractivity contribution in [2.45, 2.75) is 12.8 Å². The molecule has 4 nitrogen and oxygen atoms in total. The van der Waals surface area contributed by atoms with Gasteiger partial charge in [-0.05, 0) is 36.6 Å². The van der Waals surface area contributed by atoms with Gasteiger partial charge in [0.15, 0.2) is 0 Å². The molecule has 0 unspecified atom stereocenters. The summed E-state index contributed by atoms with van der Waals surface area (Å²) in [7, 11) is 0. The van der Waals surface area contributed by atoms with Gasteiger partial charge in [0.05, 0.1) is 11.5 Å². The summed E-state index contributed by atoms with van der Waals surface area (Å²) >= 11 is 0. The number of hydrogen-bond acceptors (Lipinski definition) is 3. The van der Waals surface area contributed by atoms with Crippen LogP contribution in [0.3, 0.4) is 0 Å². The highest BCUT2D eigenvalue weighted by molar-refractivity contribution is 5.94. The Morgan fingerprint density at radius 2 is 1.79 bits per heavy atom.